The standard InChI is InChI=1S/C31H34N2O6/c1-5-36-28(34)16-23-10-7-11-26(33-30(35)39-31(2,3)4)29(23)38-19-24-18-37-27-13-12-22(15-25(24)27)21-9-6-8-20(14-21)17-32/h6-15,18H,5,16-17,19,32H2,1-4H3,(H,33,35). The second kappa shape index (κ2) is 12.0. The maximum Gasteiger partial charge on any atom is 0.412 e. The number of para-hydroxylation sites is 1. The van der Waals surface area contributed by atoms with Crippen LogP contribution in [0.25, 0.3) is 22.1 Å². The van der Waals surface area contributed by atoms with E-state index in [9.17, 15) is 9.59 Å². The Morgan fingerprint density at radius 3 is 2.49 bits per heavy atom. The second-order valence-corrected chi connectivity index (χ2v) is 10.1. The normalized spacial score (nSPS) is 11.3. The fraction of sp³-hybridized carbons (Fsp3) is 0.290. The Morgan fingerprint density at radius 1 is 0.974 bits per heavy atom. The van der Waals surface area contributed by atoms with E-state index in [1.807, 2.05) is 30.3 Å². The molecule has 4 rings (SSSR count). The summed E-state index contributed by atoms with van der Waals surface area (Å²) in [6.07, 6.45) is 1.01. The molecule has 0 fully saturated rings. The molecule has 8 nitrogen and oxygen atoms in total. The SMILES string of the molecule is CCOC(=O)Cc1cccc(NC(=O)OC(C)(C)C)c1OCc1coc2ccc(-c3cccc(CN)c3)cc12. The number of ether oxygens (including phenoxy) is 3. The highest BCUT2D eigenvalue weighted by atomic mass is 16.6. The predicted octanol–water partition coefficient (Wildman–Crippen LogP) is 6.59. The zero-order chi connectivity index (χ0) is 28.0. The molecule has 4 aromatic rings. The summed E-state index contributed by atoms with van der Waals surface area (Å²) >= 11 is 0. The molecule has 0 unspecified atom stereocenters. The maximum atomic E-state index is 12.5. The third-order valence-corrected chi connectivity index (χ3v) is 5.89. The van der Waals surface area contributed by atoms with E-state index in [1.54, 1.807) is 52.2 Å². The number of anilines is 1. The first-order chi connectivity index (χ1) is 18.7. The lowest BCUT2D eigenvalue weighted by Crippen LogP contribution is -2.27. The maximum absolute atomic E-state index is 12.5. The largest absolute Gasteiger partial charge is 0.486 e. The fourth-order valence-electron chi connectivity index (χ4n) is 4.17. The van der Waals surface area contributed by atoms with Crippen LogP contribution in [0.15, 0.2) is 71.3 Å². The summed E-state index contributed by atoms with van der Waals surface area (Å²) in [5.74, 6) is -0.0348. The van der Waals surface area contributed by atoms with Gasteiger partial charge in [0.1, 0.15) is 23.5 Å². The number of benzene rings is 3. The molecular formula is C31H34N2O6. The minimum absolute atomic E-state index is 0.0131. The van der Waals surface area contributed by atoms with Crippen LogP contribution >= 0.6 is 0 Å². The Balaban J connectivity index is 1.64. The van der Waals surface area contributed by atoms with Gasteiger partial charge in [0.15, 0.2) is 0 Å². The molecule has 0 bridgehead atoms. The number of rotatable bonds is 9. The van der Waals surface area contributed by atoms with Crippen molar-refractivity contribution < 1.29 is 28.2 Å². The Bertz CT molecular complexity index is 1470. The van der Waals surface area contributed by atoms with Crippen LogP contribution in [0.5, 0.6) is 5.75 Å². The molecule has 3 aromatic carbocycles. The van der Waals surface area contributed by atoms with Crippen molar-refractivity contribution in [2.24, 2.45) is 5.73 Å². The quantitative estimate of drug-likeness (QED) is 0.235. The van der Waals surface area contributed by atoms with Crippen LogP contribution in [0.3, 0.4) is 0 Å². The van der Waals surface area contributed by atoms with E-state index in [2.05, 4.69) is 17.4 Å². The third kappa shape index (κ3) is 7.18. The van der Waals surface area contributed by atoms with E-state index >= 15 is 0 Å². The number of amides is 1. The van der Waals surface area contributed by atoms with Gasteiger partial charge in [-0.2, -0.15) is 0 Å². The number of furan rings is 1. The lowest BCUT2D eigenvalue weighted by molar-refractivity contribution is -0.142. The summed E-state index contributed by atoms with van der Waals surface area (Å²) in [6.45, 7) is 7.97. The highest BCUT2D eigenvalue weighted by Gasteiger charge is 2.20. The number of nitrogens with one attached hydrogen (secondary N) is 1. The van der Waals surface area contributed by atoms with Crippen LogP contribution in [0, 0.1) is 0 Å². The van der Waals surface area contributed by atoms with Gasteiger partial charge < -0.3 is 24.4 Å². The molecular weight excluding hydrogens is 496 g/mol. The van der Waals surface area contributed by atoms with Gasteiger partial charge in [-0.25, -0.2) is 4.79 Å². The molecule has 1 aromatic heterocycles. The van der Waals surface area contributed by atoms with Crippen LogP contribution in [0.4, 0.5) is 10.5 Å². The van der Waals surface area contributed by atoms with Gasteiger partial charge in [0.25, 0.3) is 0 Å². The molecule has 3 N–H and O–H groups in total. The Hall–Kier alpha value is -4.30. The number of carbonyl (C=O) groups excluding carboxylic acids is 2. The van der Waals surface area contributed by atoms with Crippen LogP contribution in [-0.4, -0.2) is 24.3 Å². The summed E-state index contributed by atoms with van der Waals surface area (Å²) in [5, 5.41) is 3.65. The zero-order valence-electron chi connectivity index (χ0n) is 22.7. The van der Waals surface area contributed by atoms with Gasteiger partial charge in [-0.1, -0.05) is 36.4 Å². The van der Waals surface area contributed by atoms with Crippen LogP contribution in [0.2, 0.25) is 0 Å². The second-order valence-electron chi connectivity index (χ2n) is 10.1. The zero-order valence-corrected chi connectivity index (χ0v) is 22.7. The first kappa shape index (κ1) is 27.7. The summed E-state index contributed by atoms with van der Waals surface area (Å²) in [7, 11) is 0. The summed E-state index contributed by atoms with van der Waals surface area (Å²) in [6, 6.07) is 19.3. The minimum atomic E-state index is -0.676. The Morgan fingerprint density at radius 2 is 1.74 bits per heavy atom. The average Bonchev–Trinajstić information content (AvgIpc) is 3.29. The molecule has 39 heavy (non-hydrogen) atoms. The van der Waals surface area contributed by atoms with Gasteiger partial charge in [0.05, 0.1) is 25.0 Å². The number of hydrogen-bond acceptors (Lipinski definition) is 7. The van der Waals surface area contributed by atoms with E-state index in [-0.39, 0.29) is 19.6 Å². The van der Waals surface area contributed by atoms with Crippen molar-refractivity contribution >= 4 is 28.7 Å². The van der Waals surface area contributed by atoms with Crippen molar-refractivity contribution in [3.8, 4) is 16.9 Å². The van der Waals surface area contributed by atoms with E-state index in [0.717, 1.165) is 33.2 Å². The molecule has 0 aliphatic heterocycles. The summed E-state index contributed by atoms with van der Waals surface area (Å²) < 4.78 is 22.6. The van der Waals surface area contributed by atoms with Crippen molar-refractivity contribution in [3.63, 3.8) is 0 Å². The smallest absolute Gasteiger partial charge is 0.412 e. The van der Waals surface area contributed by atoms with Gasteiger partial charge in [-0.05, 0) is 68.7 Å². The van der Waals surface area contributed by atoms with Gasteiger partial charge in [-0.15, -0.1) is 0 Å². The number of fused-ring (bicyclic) bond motifs is 1. The van der Waals surface area contributed by atoms with Crippen molar-refractivity contribution in [3.05, 3.63) is 83.6 Å². The van der Waals surface area contributed by atoms with Crippen molar-refractivity contribution in [1.82, 2.24) is 0 Å². The molecule has 1 amide bonds. The molecule has 0 aliphatic carbocycles. The molecule has 0 saturated heterocycles. The molecule has 0 radical (unpaired) electrons. The van der Waals surface area contributed by atoms with Crippen molar-refractivity contribution in [1.29, 1.82) is 0 Å². The van der Waals surface area contributed by atoms with E-state index in [1.165, 1.54) is 0 Å². The molecule has 0 aliphatic rings. The Labute approximate surface area is 228 Å². The van der Waals surface area contributed by atoms with Gasteiger partial charge in [0, 0.05) is 23.1 Å². The fourth-order valence-corrected chi connectivity index (χ4v) is 4.17. The molecule has 0 atom stereocenters. The van der Waals surface area contributed by atoms with Gasteiger partial charge >= 0.3 is 12.1 Å². The highest BCUT2D eigenvalue weighted by molar-refractivity contribution is 5.89. The van der Waals surface area contributed by atoms with E-state index < -0.39 is 17.7 Å². The number of hydrogen-bond donors (Lipinski definition) is 2. The third-order valence-electron chi connectivity index (χ3n) is 5.89. The van der Waals surface area contributed by atoms with Gasteiger partial charge in [-0.3, -0.25) is 10.1 Å². The Kier molecular flexibility index (Phi) is 8.56. The van der Waals surface area contributed by atoms with E-state index in [0.29, 0.717) is 23.5 Å². The topological polar surface area (TPSA) is 113 Å². The van der Waals surface area contributed by atoms with Crippen molar-refractivity contribution in [2.45, 2.75) is 52.9 Å². The van der Waals surface area contributed by atoms with Crippen molar-refractivity contribution in [2.75, 3.05) is 11.9 Å². The summed E-state index contributed by atoms with van der Waals surface area (Å²) in [5.41, 5.74) is 10.8. The number of nitrogens with two attached hydrogens (primary N) is 1. The first-order valence-corrected chi connectivity index (χ1v) is 12.9. The number of carbonyl (C=O) groups is 2. The molecule has 1 heterocycles. The molecule has 0 spiro atoms. The van der Waals surface area contributed by atoms with E-state index in [4.69, 9.17) is 24.4 Å². The average molecular weight is 531 g/mol. The lowest BCUT2D eigenvalue weighted by atomic mass is 10.0. The molecule has 0 saturated carbocycles. The molecule has 204 valence electrons. The monoisotopic (exact) mass is 530 g/mol. The molecule has 8 heteroatoms. The van der Waals surface area contributed by atoms with Crippen LogP contribution < -0.4 is 15.8 Å². The number of esters is 1. The first-order valence-electron chi connectivity index (χ1n) is 12.9. The van der Waals surface area contributed by atoms with Crippen LogP contribution in [0.1, 0.15) is 44.4 Å². The van der Waals surface area contributed by atoms with Gasteiger partial charge in [0.2, 0.25) is 0 Å². The lowest BCUT2D eigenvalue weighted by Gasteiger charge is -2.21. The highest BCUT2D eigenvalue weighted by Crippen LogP contribution is 2.33. The predicted molar refractivity (Wildman–Crippen MR) is 151 cm³/mol. The summed E-state index contributed by atoms with van der Waals surface area (Å²) in [4.78, 5) is 24.8. The van der Waals surface area contributed by atoms with Crippen LogP contribution in [-0.2, 0) is 33.8 Å². The minimum Gasteiger partial charge on any atom is -0.486 e.